The minimum absolute atomic E-state index is 0.00574. The predicted molar refractivity (Wildman–Crippen MR) is 149 cm³/mol. The van der Waals surface area contributed by atoms with Crippen molar-refractivity contribution in [2.24, 2.45) is 17.8 Å². The van der Waals surface area contributed by atoms with E-state index in [0.29, 0.717) is 29.9 Å². The van der Waals surface area contributed by atoms with Gasteiger partial charge in [0.05, 0.1) is 23.4 Å². The number of fused-ring (bicyclic) bond motifs is 2. The Bertz CT molecular complexity index is 1710. The molecule has 208 valence electrons. The van der Waals surface area contributed by atoms with Crippen molar-refractivity contribution in [3.8, 4) is 0 Å². The van der Waals surface area contributed by atoms with Crippen molar-refractivity contribution < 1.29 is 9.59 Å². The number of hydrogen-bond donors (Lipinski definition) is 2. The molecule has 4 fully saturated rings. The molecule has 4 aromatic heterocycles. The Morgan fingerprint density at radius 2 is 2.00 bits per heavy atom. The maximum Gasteiger partial charge on any atom is 0.251 e. The Hall–Kier alpha value is -4.48. The van der Waals surface area contributed by atoms with Gasteiger partial charge in [-0.1, -0.05) is 0 Å². The largest absolute Gasteiger partial charge is 0.360 e. The van der Waals surface area contributed by atoms with E-state index in [0.717, 1.165) is 35.7 Å². The number of nitrogens with one attached hydrogen (secondary N) is 2. The van der Waals surface area contributed by atoms with Crippen molar-refractivity contribution in [3.05, 3.63) is 59.4 Å². The van der Waals surface area contributed by atoms with Gasteiger partial charge in [0.1, 0.15) is 11.6 Å². The zero-order valence-corrected chi connectivity index (χ0v) is 22.9. The van der Waals surface area contributed by atoms with E-state index in [1.807, 2.05) is 29.3 Å². The first-order valence-corrected chi connectivity index (χ1v) is 14.3. The summed E-state index contributed by atoms with van der Waals surface area (Å²) in [6.07, 6.45) is 7.33. The lowest BCUT2D eigenvalue weighted by atomic mass is 10.1. The molecule has 4 aromatic rings. The molecule has 1 aliphatic heterocycles. The van der Waals surface area contributed by atoms with Crippen LogP contribution >= 0.6 is 0 Å². The third-order valence-corrected chi connectivity index (χ3v) is 8.71. The first kappa shape index (κ1) is 24.3. The van der Waals surface area contributed by atoms with E-state index in [2.05, 4.69) is 54.0 Å². The van der Waals surface area contributed by atoms with E-state index in [1.54, 1.807) is 6.20 Å². The van der Waals surface area contributed by atoms with Gasteiger partial charge in [-0.2, -0.15) is 15.2 Å². The third-order valence-electron chi connectivity index (χ3n) is 8.71. The van der Waals surface area contributed by atoms with Gasteiger partial charge < -0.3 is 5.32 Å². The molecule has 0 spiro atoms. The van der Waals surface area contributed by atoms with E-state index >= 15 is 0 Å². The summed E-state index contributed by atoms with van der Waals surface area (Å²) in [6.45, 7) is 4.68. The van der Waals surface area contributed by atoms with Crippen molar-refractivity contribution in [1.82, 2.24) is 34.8 Å². The smallest absolute Gasteiger partial charge is 0.251 e. The Morgan fingerprint density at radius 1 is 1.12 bits per heavy atom. The summed E-state index contributed by atoms with van der Waals surface area (Å²) in [6, 6.07) is 8.04. The monoisotopic (exact) mass is 550 g/mol. The average molecular weight is 551 g/mol. The van der Waals surface area contributed by atoms with Crippen LogP contribution in [0.15, 0.2) is 36.7 Å². The molecular weight excluding hydrogens is 520 g/mol. The number of hydrogen-bond acceptors (Lipinski definition) is 9. The Balaban J connectivity index is 0.987. The fraction of sp³-hybridized carbons (Fsp3) is 0.448. The van der Waals surface area contributed by atoms with Crippen LogP contribution in [0, 0.1) is 24.7 Å². The molecule has 12 heteroatoms. The van der Waals surface area contributed by atoms with Crippen LogP contribution in [0.3, 0.4) is 0 Å². The summed E-state index contributed by atoms with van der Waals surface area (Å²) in [4.78, 5) is 40.9. The topological polar surface area (TPSA) is 143 Å². The van der Waals surface area contributed by atoms with Crippen molar-refractivity contribution in [2.75, 3.05) is 22.1 Å². The fourth-order valence-electron chi connectivity index (χ4n) is 6.00. The SMILES string of the molecule is Cc1ccnc([C@H]2C[C@@H]2C(=O)Nc2nncc(N[C@H](C)c3cc4cc(C5CC5)cc(N5CC6CC6C5=O)n4n3)n2)n1. The predicted octanol–water partition coefficient (Wildman–Crippen LogP) is 3.39. The number of aryl methyl sites for hydroxylation is 1. The van der Waals surface area contributed by atoms with E-state index < -0.39 is 0 Å². The number of rotatable bonds is 8. The molecule has 2 amide bonds. The lowest BCUT2D eigenvalue weighted by Gasteiger charge is -2.20. The number of carbonyl (C=O) groups excluding carboxylic acids is 2. The highest BCUT2D eigenvalue weighted by molar-refractivity contribution is 5.99. The van der Waals surface area contributed by atoms with Crippen LogP contribution in [0.25, 0.3) is 5.52 Å². The number of carbonyl (C=O) groups is 2. The number of amides is 2. The van der Waals surface area contributed by atoms with Gasteiger partial charge in [-0.25, -0.2) is 14.5 Å². The molecule has 41 heavy (non-hydrogen) atoms. The molecule has 3 saturated carbocycles. The van der Waals surface area contributed by atoms with Gasteiger partial charge in [0.2, 0.25) is 11.8 Å². The number of piperidine rings is 1. The zero-order valence-electron chi connectivity index (χ0n) is 22.9. The van der Waals surface area contributed by atoms with Crippen LogP contribution in [0.2, 0.25) is 0 Å². The second-order valence-corrected chi connectivity index (χ2v) is 11.9. The first-order valence-electron chi connectivity index (χ1n) is 14.3. The van der Waals surface area contributed by atoms with Crippen LogP contribution in [0.4, 0.5) is 17.6 Å². The van der Waals surface area contributed by atoms with Crippen LogP contribution < -0.4 is 15.5 Å². The normalized spacial score (nSPS) is 25.2. The molecule has 0 radical (unpaired) electrons. The van der Waals surface area contributed by atoms with Crippen LogP contribution in [-0.2, 0) is 9.59 Å². The molecule has 5 heterocycles. The second kappa shape index (κ2) is 9.02. The van der Waals surface area contributed by atoms with Gasteiger partial charge in [0.25, 0.3) is 5.95 Å². The van der Waals surface area contributed by atoms with Crippen molar-refractivity contribution in [2.45, 2.75) is 57.4 Å². The van der Waals surface area contributed by atoms with Gasteiger partial charge >= 0.3 is 0 Å². The van der Waals surface area contributed by atoms with Gasteiger partial charge in [0, 0.05) is 36.2 Å². The maximum atomic E-state index is 12.9. The summed E-state index contributed by atoms with van der Waals surface area (Å²) in [7, 11) is 0. The molecule has 0 aromatic carbocycles. The Kier molecular flexibility index (Phi) is 5.35. The van der Waals surface area contributed by atoms with Crippen molar-refractivity contribution in [3.63, 3.8) is 0 Å². The van der Waals surface area contributed by atoms with Crippen LogP contribution in [0.5, 0.6) is 0 Å². The van der Waals surface area contributed by atoms with Crippen molar-refractivity contribution >= 4 is 34.9 Å². The number of anilines is 3. The highest BCUT2D eigenvalue weighted by Gasteiger charge is 2.53. The van der Waals surface area contributed by atoms with Gasteiger partial charge in [-0.15, -0.1) is 5.10 Å². The van der Waals surface area contributed by atoms with Crippen LogP contribution in [-0.4, -0.2) is 53.1 Å². The molecule has 1 saturated heterocycles. The Morgan fingerprint density at radius 3 is 2.78 bits per heavy atom. The molecule has 3 aliphatic carbocycles. The molecule has 12 nitrogen and oxygen atoms in total. The molecule has 2 unspecified atom stereocenters. The summed E-state index contributed by atoms with van der Waals surface area (Å²) in [5.41, 5.74) is 3.96. The molecule has 5 atom stereocenters. The second-order valence-electron chi connectivity index (χ2n) is 11.9. The molecular formula is C29H30N10O2. The van der Waals surface area contributed by atoms with Crippen LogP contribution in [0.1, 0.15) is 73.3 Å². The van der Waals surface area contributed by atoms with E-state index in [-0.39, 0.29) is 41.6 Å². The summed E-state index contributed by atoms with van der Waals surface area (Å²) in [5.74, 6) is 3.26. The van der Waals surface area contributed by atoms with E-state index in [1.165, 1.54) is 24.6 Å². The maximum absolute atomic E-state index is 12.9. The summed E-state index contributed by atoms with van der Waals surface area (Å²) < 4.78 is 1.90. The third kappa shape index (κ3) is 4.47. The number of nitrogens with zero attached hydrogens (tertiary/aromatic N) is 8. The minimum Gasteiger partial charge on any atom is -0.360 e. The Labute approximate surface area is 236 Å². The summed E-state index contributed by atoms with van der Waals surface area (Å²) >= 11 is 0. The lowest BCUT2D eigenvalue weighted by Crippen LogP contribution is -2.30. The van der Waals surface area contributed by atoms with Gasteiger partial charge in [-0.05, 0) is 81.2 Å². The highest BCUT2D eigenvalue weighted by Crippen LogP contribution is 2.49. The lowest BCUT2D eigenvalue weighted by molar-refractivity contribution is -0.119. The first-order chi connectivity index (χ1) is 19.9. The standard InChI is InChI=1S/C29H30N10O2/c1-14-5-6-30-26(32-14)21-11-22(21)27(40)35-29-34-24(12-31-36-29)33-15(2)23-10-19-7-17(16-3-4-16)9-25(39(19)37-23)38-13-18-8-20(18)28(38)41/h5-7,9-10,12,15-16,18,20-22H,3-4,8,11,13H2,1-2H3,(H2,33,34,35,36,40)/t15-,18?,20?,21+,22+/m1/s1. The van der Waals surface area contributed by atoms with Gasteiger partial charge in [0.15, 0.2) is 5.82 Å². The highest BCUT2D eigenvalue weighted by atomic mass is 16.2. The fourth-order valence-corrected chi connectivity index (χ4v) is 6.00. The van der Waals surface area contributed by atoms with Crippen molar-refractivity contribution in [1.29, 1.82) is 0 Å². The van der Waals surface area contributed by atoms with E-state index in [9.17, 15) is 9.59 Å². The molecule has 0 bridgehead atoms. The summed E-state index contributed by atoms with van der Waals surface area (Å²) in [5, 5.41) is 19.1. The number of aromatic nitrogens is 7. The quantitative estimate of drug-likeness (QED) is 0.337. The molecule has 8 rings (SSSR count). The average Bonchev–Trinajstić information content (AvgIpc) is 3.87. The van der Waals surface area contributed by atoms with E-state index in [4.69, 9.17) is 5.10 Å². The molecule has 2 N–H and O–H groups in total. The number of pyridine rings is 1. The zero-order chi connectivity index (χ0) is 27.8. The minimum atomic E-state index is -0.211. The van der Waals surface area contributed by atoms with Gasteiger partial charge in [-0.3, -0.25) is 19.8 Å². The molecule has 4 aliphatic rings.